The summed E-state index contributed by atoms with van der Waals surface area (Å²) in [5, 5.41) is 0. The summed E-state index contributed by atoms with van der Waals surface area (Å²) < 4.78 is 10.7. The van der Waals surface area contributed by atoms with Crippen LogP contribution in [0.15, 0.2) is 0 Å². The molecule has 0 radical (unpaired) electrons. The summed E-state index contributed by atoms with van der Waals surface area (Å²) in [5.74, 6) is -0.0879. The summed E-state index contributed by atoms with van der Waals surface area (Å²) in [6.45, 7) is 12.7. The third kappa shape index (κ3) is 4.35. The topological polar surface area (TPSA) is 55.8 Å². The average molecular weight is 299 g/mol. The lowest BCUT2D eigenvalue weighted by molar-refractivity contribution is -0.162. The van der Waals surface area contributed by atoms with Gasteiger partial charge in [-0.15, -0.1) is 0 Å². The molecule has 0 saturated carbocycles. The van der Waals surface area contributed by atoms with Gasteiger partial charge in [-0.1, -0.05) is 13.8 Å². The molecule has 1 aliphatic rings. The first-order valence-electron chi connectivity index (χ1n) is 7.77. The van der Waals surface area contributed by atoms with Crippen LogP contribution in [0.5, 0.6) is 0 Å². The minimum atomic E-state index is -0.620. The first-order chi connectivity index (χ1) is 9.62. The Hall–Kier alpha value is -1.26. The van der Waals surface area contributed by atoms with E-state index >= 15 is 0 Å². The maximum atomic E-state index is 12.4. The number of esters is 1. The standard InChI is InChI=1S/C16H29NO4/c1-7-20-13(18)16(12(2)3)9-8-10-17(11-16)14(19)21-15(4,5)6/h12H,7-11H2,1-6H3/t16-/m1/s1. The van der Waals surface area contributed by atoms with Crippen molar-refractivity contribution in [3.8, 4) is 0 Å². The molecule has 0 unspecified atom stereocenters. The molecule has 0 aromatic heterocycles. The van der Waals surface area contributed by atoms with E-state index in [4.69, 9.17) is 9.47 Å². The molecule has 1 aliphatic heterocycles. The molecule has 0 aromatic rings. The lowest BCUT2D eigenvalue weighted by Gasteiger charge is -2.43. The van der Waals surface area contributed by atoms with Gasteiger partial charge in [0.05, 0.1) is 12.0 Å². The van der Waals surface area contributed by atoms with Crippen molar-refractivity contribution < 1.29 is 19.1 Å². The molecule has 1 fully saturated rings. The molecule has 21 heavy (non-hydrogen) atoms. The summed E-state index contributed by atoms with van der Waals surface area (Å²) in [7, 11) is 0. The smallest absolute Gasteiger partial charge is 0.410 e. The van der Waals surface area contributed by atoms with Crippen molar-refractivity contribution in [1.29, 1.82) is 0 Å². The van der Waals surface area contributed by atoms with E-state index in [9.17, 15) is 9.59 Å². The minimum absolute atomic E-state index is 0.113. The maximum absolute atomic E-state index is 12.4. The molecule has 5 heteroatoms. The van der Waals surface area contributed by atoms with Gasteiger partial charge in [-0.05, 0) is 46.5 Å². The predicted octanol–water partition coefficient (Wildman–Crippen LogP) is 3.22. The number of ether oxygens (including phenoxy) is 2. The average Bonchev–Trinajstić information content (AvgIpc) is 2.36. The third-order valence-electron chi connectivity index (χ3n) is 3.96. The summed E-state index contributed by atoms with van der Waals surface area (Å²) in [6, 6.07) is 0. The highest BCUT2D eigenvalue weighted by atomic mass is 16.6. The molecule has 1 rings (SSSR count). The molecule has 0 aliphatic carbocycles. The maximum Gasteiger partial charge on any atom is 0.410 e. The number of likely N-dealkylation sites (tertiary alicyclic amines) is 1. The van der Waals surface area contributed by atoms with Crippen LogP contribution in [0.4, 0.5) is 4.79 Å². The van der Waals surface area contributed by atoms with Crippen LogP contribution in [0.1, 0.15) is 54.4 Å². The Morgan fingerprint density at radius 3 is 2.38 bits per heavy atom. The molecule has 0 aromatic carbocycles. The molecular weight excluding hydrogens is 270 g/mol. The molecule has 1 heterocycles. The summed E-state index contributed by atoms with van der Waals surface area (Å²) in [4.78, 5) is 26.3. The van der Waals surface area contributed by atoms with Crippen molar-refractivity contribution in [2.24, 2.45) is 11.3 Å². The molecule has 0 N–H and O–H groups in total. The van der Waals surface area contributed by atoms with Crippen molar-refractivity contribution >= 4 is 12.1 Å². The zero-order chi connectivity index (χ0) is 16.3. The van der Waals surface area contributed by atoms with Crippen LogP contribution in [0.25, 0.3) is 0 Å². The molecule has 1 amide bonds. The highest BCUT2D eigenvalue weighted by Gasteiger charge is 2.47. The fourth-order valence-electron chi connectivity index (χ4n) is 2.71. The van der Waals surface area contributed by atoms with Gasteiger partial charge < -0.3 is 14.4 Å². The Morgan fingerprint density at radius 2 is 1.90 bits per heavy atom. The SMILES string of the molecule is CCOC(=O)[C@]1(C(C)C)CCCN(C(=O)OC(C)(C)C)C1. The second kappa shape index (κ2) is 6.67. The van der Waals surface area contributed by atoms with E-state index in [1.165, 1.54) is 0 Å². The molecule has 5 nitrogen and oxygen atoms in total. The Bertz CT molecular complexity index is 386. The summed E-state index contributed by atoms with van der Waals surface area (Å²) in [6.07, 6.45) is 1.19. The van der Waals surface area contributed by atoms with E-state index in [1.54, 1.807) is 11.8 Å². The van der Waals surface area contributed by atoms with E-state index < -0.39 is 11.0 Å². The first-order valence-corrected chi connectivity index (χ1v) is 7.77. The van der Waals surface area contributed by atoms with Crippen LogP contribution < -0.4 is 0 Å². The number of hydrogen-bond donors (Lipinski definition) is 0. The zero-order valence-corrected chi connectivity index (χ0v) is 14.2. The van der Waals surface area contributed by atoms with Crippen molar-refractivity contribution in [3.05, 3.63) is 0 Å². The van der Waals surface area contributed by atoms with Crippen LogP contribution in [0, 0.1) is 11.3 Å². The normalized spacial score (nSPS) is 23.1. The summed E-state index contributed by atoms with van der Waals surface area (Å²) >= 11 is 0. The highest BCUT2D eigenvalue weighted by Crippen LogP contribution is 2.39. The van der Waals surface area contributed by atoms with Gasteiger partial charge in [0.15, 0.2) is 0 Å². The van der Waals surface area contributed by atoms with Crippen molar-refractivity contribution in [2.75, 3.05) is 19.7 Å². The zero-order valence-electron chi connectivity index (χ0n) is 14.2. The Balaban J connectivity index is 2.89. The highest BCUT2D eigenvalue weighted by molar-refractivity contribution is 5.79. The van der Waals surface area contributed by atoms with E-state index in [1.807, 2.05) is 34.6 Å². The quantitative estimate of drug-likeness (QED) is 0.751. The number of hydrogen-bond acceptors (Lipinski definition) is 4. The van der Waals surface area contributed by atoms with Crippen molar-refractivity contribution in [3.63, 3.8) is 0 Å². The van der Waals surface area contributed by atoms with Gasteiger partial charge in [-0.25, -0.2) is 4.79 Å². The molecule has 0 bridgehead atoms. The number of amides is 1. The lowest BCUT2D eigenvalue weighted by atomic mass is 9.71. The lowest BCUT2D eigenvalue weighted by Crippen LogP contribution is -2.53. The molecule has 122 valence electrons. The molecule has 1 atom stereocenters. The van der Waals surface area contributed by atoms with Gasteiger partial charge in [0.1, 0.15) is 5.60 Å². The number of carbonyl (C=O) groups excluding carboxylic acids is 2. The fraction of sp³-hybridized carbons (Fsp3) is 0.875. The van der Waals surface area contributed by atoms with E-state index in [0.717, 1.165) is 12.8 Å². The van der Waals surface area contributed by atoms with Gasteiger partial charge in [0, 0.05) is 13.1 Å². The van der Waals surface area contributed by atoms with E-state index in [0.29, 0.717) is 19.7 Å². The Morgan fingerprint density at radius 1 is 1.29 bits per heavy atom. The van der Waals surface area contributed by atoms with Gasteiger partial charge in [-0.2, -0.15) is 0 Å². The predicted molar refractivity (Wildman–Crippen MR) is 80.9 cm³/mol. The van der Waals surface area contributed by atoms with E-state index in [2.05, 4.69) is 0 Å². The number of piperidine rings is 1. The van der Waals surface area contributed by atoms with Crippen molar-refractivity contribution in [1.82, 2.24) is 4.90 Å². The Kier molecular flexibility index (Phi) is 5.65. The monoisotopic (exact) mass is 299 g/mol. The van der Waals surface area contributed by atoms with E-state index in [-0.39, 0.29) is 18.0 Å². The van der Waals surface area contributed by atoms with Crippen LogP contribution >= 0.6 is 0 Å². The van der Waals surface area contributed by atoms with Crippen LogP contribution in [-0.2, 0) is 14.3 Å². The van der Waals surface area contributed by atoms with Gasteiger partial charge >= 0.3 is 12.1 Å². The van der Waals surface area contributed by atoms with Crippen LogP contribution in [0.3, 0.4) is 0 Å². The fourth-order valence-corrected chi connectivity index (χ4v) is 2.71. The largest absolute Gasteiger partial charge is 0.466 e. The Labute approximate surface area is 128 Å². The van der Waals surface area contributed by atoms with Gasteiger partial charge in [0.2, 0.25) is 0 Å². The summed E-state index contributed by atoms with van der Waals surface area (Å²) in [5.41, 5.74) is -1.15. The minimum Gasteiger partial charge on any atom is -0.466 e. The first kappa shape index (κ1) is 17.8. The molecule has 0 spiro atoms. The number of rotatable bonds is 3. The molecular formula is C16H29NO4. The van der Waals surface area contributed by atoms with Gasteiger partial charge in [0.25, 0.3) is 0 Å². The molecule has 1 saturated heterocycles. The van der Waals surface area contributed by atoms with Crippen molar-refractivity contribution in [2.45, 2.75) is 60.0 Å². The second-order valence-electron chi connectivity index (χ2n) is 7.04. The van der Waals surface area contributed by atoms with Crippen LogP contribution in [0.2, 0.25) is 0 Å². The number of carbonyl (C=O) groups is 2. The third-order valence-corrected chi connectivity index (χ3v) is 3.96. The van der Waals surface area contributed by atoms with Gasteiger partial charge in [-0.3, -0.25) is 4.79 Å². The second-order valence-corrected chi connectivity index (χ2v) is 7.04. The van der Waals surface area contributed by atoms with Crippen LogP contribution in [-0.4, -0.2) is 42.3 Å². The number of nitrogens with zero attached hydrogens (tertiary/aromatic N) is 1.